The van der Waals surface area contributed by atoms with Gasteiger partial charge in [-0.3, -0.25) is 14.8 Å². The van der Waals surface area contributed by atoms with E-state index in [4.69, 9.17) is 4.42 Å². The predicted molar refractivity (Wildman–Crippen MR) is 133 cm³/mol. The molecule has 1 aliphatic carbocycles. The van der Waals surface area contributed by atoms with E-state index in [0.29, 0.717) is 17.0 Å². The maximum atomic E-state index is 13.2. The van der Waals surface area contributed by atoms with Crippen LogP contribution >= 0.6 is 0 Å². The summed E-state index contributed by atoms with van der Waals surface area (Å²) in [6, 6.07) is 14.4. The number of aryl methyl sites for hydroxylation is 1. The number of rotatable bonds is 4. The zero-order chi connectivity index (χ0) is 24.3. The molecule has 0 saturated carbocycles. The molecule has 1 atom stereocenters. The average molecular weight is 479 g/mol. The van der Waals surface area contributed by atoms with Crippen molar-refractivity contribution in [2.45, 2.75) is 44.9 Å². The first-order chi connectivity index (χ1) is 16.0. The van der Waals surface area contributed by atoms with Crippen LogP contribution in [0.3, 0.4) is 0 Å². The molecule has 0 bridgehead atoms. The molecule has 0 amide bonds. The quantitative estimate of drug-likeness (QED) is 0.268. The molecule has 8 heteroatoms. The van der Waals surface area contributed by atoms with Crippen molar-refractivity contribution in [2.75, 3.05) is 4.72 Å². The van der Waals surface area contributed by atoms with Gasteiger partial charge in [-0.1, -0.05) is 51.1 Å². The van der Waals surface area contributed by atoms with Crippen molar-refractivity contribution < 1.29 is 17.8 Å². The topological polar surface area (TPSA) is 102 Å². The van der Waals surface area contributed by atoms with Crippen molar-refractivity contribution in [3.05, 3.63) is 76.0 Å². The second-order valence-electron chi connectivity index (χ2n) is 10.0. The minimum absolute atomic E-state index is 0.157. The van der Waals surface area contributed by atoms with Crippen molar-refractivity contribution in [1.82, 2.24) is 0 Å². The van der Waals surface area contributed by atoms with E-state index in [0.717, 1.165) is 53.0 Å². The van der Waals surface area contributed by atoms with Crippen LogP contribution < -0.4 is 4.72 Å². The number of hydrogen-bond acceptors (Lipinski definition) is 5. The highest BCUT2D eigenvalue weighted by Crippen LogP contribution is 2.44. The van der Waals surface area contributed by atoms with E-state index >= 15 is 0 Å². The zero-order valence-corrected chi connectivity index (χ0v) is 20.1. The Hall–Kier alpha value is -3.39. The first-order valence-electron chi connectivity index (χ1n) is 11.3. The number of sulfonamides is 1. The molecule has 34 heavy (non-hydrogen) atoms. The second kappa shape index (κ2) is 7.84. The first kappa shape index (κ1) is 22.4. The first-order valence-corrected chi connectivity index (χ1v) is 12.8. The highest BCUT2D eigenvalue weighted by molar-refractivity contribution is 7.92. The van der Waals surface area contributed by atoms with Gasteiger partial charge in [0.05, 0.1) is 15.5 Å². The summed E-state index contributed by atoms with van der Waals surface area (Å²) in [6.07, 6.45) is 2.79. The van der Waals surface area contributed by atoms with Crippen LogP contribution in [0, 0.1) is 21.4 Å². The molecule has 176 valence electrons. The van der Waals surface area contributed by atoms with Crippen LogP contribution in [0.25, 0.3) is 21.7 Å². The Morgan fingerprint density at radius 2 is 1.76 bits per heavy atom. The molecule has 1 heterocycles. The molecule has 0 aliphatic heterocycles. The summed E-state index contributed by atoms with van der Waals surface area (Å²) >= 11 is 0. The fourth-order valence-electron chi connectivity index (χ4n) is 4.89. The summed E-state index contributed by atoms with van der Waals surface area (Å²) in [6.45, 7) is 6.75. The lowest BCUT2D eigenvalue weighted by molar-refractivity contribution is -0.385. The van der Waals surface area contributed by atoms with E-state index in [9.17, 15) is 18.5 Å². The van der Waals surface area contributed by atoms with Gasteiger partial charge in [0.25, 0.3) is 15.7 Å². The number of furan rings is 1. The van der Waals surface area contributed by atoms with Gasteiger partial charge in [0.1, 0.15) is 11.3 Å². The maximum Gasteiger partial charge on any atom is 0.270 e. The molecular weight excluding hydrogens is 452 g/mol. The third-order valence-corrected chi connectivity index (χ3v) is 8.22. The highest BCUT2D eigenvalue weighted by Gasteiger charge is 2.32. The molecule has 3 aromatic carbocycles. The maximum absolute atomic E-state index is 13.2. The number of nitrogens with zero attached hydrogens (tertiary/aromatic N) is 1. The molecule has 5 rings (SSSR count). The number of anilines is 1. The molecule has 0 spiro atoms. The van der Waals surface area contributed by atoms with Gasteiger partial charge in [0.2, 0.25) is 0 Å². The van der Waals surface area contributed by atoms with E-state index in [-0.39, 0.29) is 16.0 Å². The van der Waals surface area contributed by atoms with Crippen LogP contribution in [0.4, 0.5) is 11.4 Å². The molecule has 0 unspecified atom stereocenters. The van der Waals surface area contributed by atoms with Crippen molar-refractivity contribution >= 4 is 43.1 Å². The Kier molecular flexibility index (Phi) is 5.16. The van der Waals surface area contributed by atoms with Crippen LogP contribution in [0.5, 0.6) is 0 Å². The zero-order valence-electron chi connectivity index (χ0n) is 19.3. The van der Waals surface area contributed by atoms with Crippen molar-refractivity contribution in [1.29, 1.82) is 0 Å². The van der Waals surface area contributed by atoms with E-state index in [1.165, 1.54) is 18.2 Å². The summed E-state index contributed by atoms with van der Waals surface area (Å²) in [5, 5.41) is 13.6. The average Bonchev–Trinajstić information content (AvgIpc) is 3.16. The standard InChI is InChI=1S/C26H26N2O5S/c1-26(2,3)16-11-12-24-21(13-16)22-15-23(19-9-4-5-10-20(19)25(22)33-24)27-34(31,32)18-8-6-7-17(14-18)28(29)30/h4-10,14-16,27H,11-13H2,1-3H3/t16-/m1/s1. The third-order valence-electron chi connectivity index (χ3n) is 6.86. The lowest BCUT2D eigenvalue weighted by atomic mass is 9.71. The van der Waals surface area contributed by atoms with E-state index in [1.54, 1.807) is 0 Å². The van der Waals surface area contributed by atoms with Crippen LogP contribution in [0.1, 0.15) is 38.5 Å². The van der Waals surface area contributed by atoms with Gasteiger partial charge in [-0.25, -0.2) is 8.42 Å². The predicted octanol–water partition coefficient (Wildman–Crippen LogP) is 6.45. The summed E-state index contributed by atoms with van der Waals surface area (Å²) in [5.74, 6) is 1.47. The van der Waals surface area contributed by atoms with Crippen molar-refractivity contribution in [2.24, 2.45) is 11.3 Å². The number of nitro groups is 1. The number of nitrogens with one attached hydrogen (secondary N) is 1. The minimum atomic E-state index is -4.05. The summed E-state index contributed by atoms with van der Waals surface area (Å²) in [7, 11) is -4.05. The minimum Gasteiger partial charge on any atom is -0.460 e. The number of fused-ring (bicyclic) bond motifs is 5. The van der Waals surface area contributed by atoms with Crippen LogP contribution in [-0.4, -0.2) is 13.3 Å². The highest BCUT2D eigenvalue weighted by atomic mass is 32.2. The number of non-ortho nitro benzene ring substituents is 1. The Morgan fingerprint density at radius 3 is 2.47 bits per heavy atom. The Labute approximate surface area is 198 Å². The van der Waals surface area contributed by atoms with E-state index < -0.39 is 14.9 Å². The van der Waals surface area contributed by atoms with Crippen molar-refractivity contribution in [3.63, 3.8) is 0 Å². The number of nitro benzene ring substituents is 1. The van der Waals surface area contributed by atoms with Crippen LogP contribution in [0.2, 0.25) is 0 Å². The van der Waals surface area contributed by atoms with E-state index in [1.807, 2.05) is 30.3 Å². The van der Waals surface area contributed by atoms with Gasteiger partial charge in [-0.05, 0) is 36.3 Å². The van der Waals surface area contributed by atoms with Gasteiger partial charge in [0, 0.05) is 40.3 Å². The molecular formula is C26H26N2O5S. The SMILES string of the molecule is CC(C)(C)[C@@H]1CCc2oc3c(cc(NS(=O)(=O)c4cccc([N+](=O)[O-])c4)c4ccccc43)c2C1. The summed E-state index contributed by atoms with van der Waals surface area (Å²) in [5.41, 5.74) is 2.22. The molecule has 4 aromatic rings. The Morgan fingerprint density at radius 1 is 1.03 bits per heavy atom. The Balaban J connectivity index is 1.65. The lowest BCUT2D eigenvalue weighted by Crippen LogP contribution is -2.26. The number of benzene rings is 3. The molecule has 1 aromatic heterocycles. The summed E-state index contributed by atoms with van der Waals surface area (Å²) < 4.78 is 35.4. The fraction of sp³-hybridized carbons (Fsp3) is 0.308. The Bertz CT molecular complexity index is 1550. The normalized spacial score (nSPS) is 16.5. The molecule has 0 radical (unpaired) electrons. The molecule has 0 fully saturated rings. The molecule has 1 aliphatic rings. The van der Waals surface area contributed by atoms with Crippen LogP contribution in [0.15, 0.2) is 63.9 Å². The van der Waals surface area contributed by atoms with Gasteiger partial charge >= 0.3 is 0 Å². The van der Waals surface area contributed by atoms with Gasteiger partial charge < -0.3 is 4.42 Å². The van der Waals surface area contributed by atoms with E-state index in [2.05, 4.69) is 25.5 Å². The van der Waals surface area contributed by atoms with Crippen molar-refractivity contribution in [3.8, 4) is 0 Å². The summed E-state index contributed by atoms with van der Waals surface area (Å²) in [4.78, 5) is 10.4. The molecule has 0 saturated heterocycles. The number of hydrogen-bond donors (Lipinski definition) is 1. The van der Waals surface area contributed by atoms with Gasteiger partial charge in [-0.2, -0.15) is 0 Å². The molecule has 1 N–H and O–H groups in total. The molecule has 7 nitrogen and oxygen atoms in total. The van der Waals surface area contributed by atoms with Gasteiger partial charge in [0.15, 0.2) is 0 Å². The van der Waals surface area contributed by atoms with Crippen LogP contribution in [-0.2, 0) is 22.9 Å². The fourth-order valence-corrected chi connectivity index (χ4v) is 6.00. The third kappa shape index (κ3) is 3.81. The largest absolute Gasteiger partial charge is 0.460 e. The lowest BCUT2D eigenvalue weighted by Gasteiger charge is -2.33. The van der Waals surface area contributed by atoms with Gasteiger partial charge in [-0.15, -0.1) is 0 Å². The monoisotopic (exact) mass is 478 g/mol. The smallest absolute Gasteiger partial charge is 0.270 e. The second-order valence-corrected chi connectivity index (χ2v) is 11.7.